The number of carbonyl (C=O) groups is 8. The van der Waals surface area contributed by atoms with Crippen LogP contribution < -0.4 is 10.6 Å². The maximum atomic E-state index is 12.8. The van der Waals surface area contributed by atoms with Crippen molar-refractivity contribution < 1.29 is 43.5 Å². The summed E-state index contributed by atoms with van der Waals surface area (Å²) in [6.07, 6.45) is 5.30. The lowest BCUT2D eigenvalue weighted by Gasteiger charge is -2.28. The van der Waals surface area contributed by atoms with Crippen molar-refractivity contribution in [3.8, 4) is 0 Å². The van der Waals surface area contributed by atoms with E-state index in [2.05, 4.69) is 10.6 Å². The van der Waals surface area contributed by atoms with E-state index in [4.69, 9.17) is 5.11 Å². The molecule has 2 aliphatic carbocycles. The maximum Gasteiger partial charge on any atom is 0.326 e. The second-order valence-electron chi connectivity index (χ2n) is 12.1. The monoisotopic (exact) mass is 657 g/mol. The van der Waals surface area contributed by atoms with E-state index >= 15 is 0 Å². The summed E-state index contributed by atoms with van der Waals surface area (Å²) in [7, 11) is 1.42. The van der Waals surface area contributed by atoms with Gasteiger partial charge in [0.05, 0.1) is 11.2 Å². The van der Waals surface area contributed by atoms with Gasteiger partial charge in [-0.1, -0.05) is 12.1 Å². The molecule has 3 atom stereocenters. The van der Waals surface area contributed by atoms with Crippen LogP contribution in [0.5, 0.6) is 0 Å². The molecule has 3 N–H and O–H groups in total. The number of carboxylic acids is 1. The van der Waals surface area contributed by atoms with E-state index in [-0.39, 0.29) is 73.4 Å². The Balaban J connectivity index is 1.30. The maximum absolute atomic E-state index is 12.8. The summed E-state index contributed by atoms with van der Waals surface area (Å²) in [6.45, 7) is 2.16. The summed E-state index contributed by atoms with van der Waals surface area (Å²) in [5.74, 6) is -2.36. The van der Waals surface area contributed by atoms with Crippen molar-refractivity contribution in [1.29, 1.82) is 0 Å². The molecule has 2 aliphatic rings. The third-order valence-corrected chi connectivity index (χ3v) is 10.2. The number of aldehydes is 2. The lowest BCUT2D eigenvalue weighted by atomic mass is 9.81. The largest absolute Gasteiger partial charge is 0.480 e. The van der Waals surface area contributed by atoms with Gasteiger partial charge in [-0.25, -0.2) is 4.79 Å². The second-order valence-corrected chi connectivity index (χ2v) is 13.4. The summed E-state index contributed by atoms with van der Waals surface area (Å²) >= 11 is 1.24. The zero-order chi connectivity index (χ0) is 33.8. The molecule has 3 rings (SSSR count). The van der Waals surface area contributed by atoms with Crippen LogP contribution in [0.3, 0.4) is 0 Å². The van der Waals surface area contributed by atoms with E-state index in [1.54, 1.807) is 18.2 Å². The molecule has 2 fully saturated rings. The lowest BCUT2D eigenvalue weighted by Crippen LogP contribution is -2.40. The Morgan fingerprint density at radius 2 is 1.72 bits per heavy atom. The highest BCUT2D eigenvalue weighted by atomic mass is 32.2. The summed E-state index contributed by atoms with van der Waals surface area (Å²) in [4.78, 5) is 97.0. The van der Waals surface area contributed by atoms with E-state index in [0.717, 1.165) is 23.3 Å². The Morgan fingerprint density at radius 3 is 2.37 bits per heavy atom. The molecule has 0 spiro atoms. The van der Waals surface area contributed by atoms with Gasteiger partial charge in [-0.2, -0.15) is 0 Å². The molecule has 1 aromatic rings. The molecule has 13 heteroatoms. The number of thioether (sulfide) groups is 1. The number of hydrogen-bond donors (Lipinski definition) is 3. The number of Topliss-reactive ketones (excluding diaryl/α,β-unsaturated/α-hetero) is 2. The van der Waals surface area contributed by atoms with Crippen molar-refractivity contribution in [2.24, 2.45) is 17.8 Å². The van der Waals surface area contributed by atoms with Crippen molar-refractivity contribution in [1.82, 2.24) is 15.5 Å². The van der Waals surface area contributed by atoms with Crippen LogP contribution in [0.15, 0.2) is 18.2 Å². The molecule has 2 saturated carbocycles. The van der Waals surface area contributed by atoms with Gasteiger partial charge in [0, 0.05) is 62.2 Å². The van der Waals surface area contributed by atoms with Crippen LogP contribution in [-0.4, -0.2) is 95.0 Å². The Labute approximate surface area is 272 Å². The van der Waals surface area contributed by atoms with Gasteiger partial charge >= 0.3 is 5.97 Å². The van der Waals surface area contributed by atoms with Crippen molar-refractivity contribution in [3.05, 3.63) is 34.9 Å². The number of aliphatic carboxylic acids is 1. The first-order valence-corrected chi connectivity index (χ1v) is 16.7. The van der Waals surface area contributed by atoms with Gasteiger partial charge in [0.1, 0.15) is 11.8 Å². The second kappa shape index (κ2) is 17.7. The minimum Gasteiger partial charge on any atom is -0.480 e. The number of likely N-dealkylation sites (N-methyl/N-ethyl adjacent to an activating group) is 1. The summed E-state index contributed by atoms with van der Waals surface area (Å²) < 4.78 is 0. The molecule has 0 aromatic heterocycles. The number of aryl methyl sites for hydroxylation is 1. The van der Waals surface area contributed by atoms with E-state index in [1.807, 2.05) is 0 Å². The molecule has 2 unspecified atom stereocenters. The van der Waals surface area contributed by atoms with Crippen LogP contribution in [0.1, 0.15) is 84.6 Å². The van der Waals surface area contributed by atoms with Gasteiger partial charge in [0.2, 0.25) is 17.7 Å². The van der Waals surface area contributed by atoms with Gasteiger partial charge in [-0.05, 0) is 63.0 Å². The Bertz CT molecular complexity index is 1330. The van der Waals surface area contributed by atoms with E-state index in [1.165, 1.54) is 25.7 Å². The SMILES string of the molecule is C[C@@H](C(=O)O)N(C)C(=O)CCSC1CC(=O)C(CCNC(=O)C2CCC(CNC(=O)CCc3ccc(C=O)c(C=O)c3)CC2)C1=O. The predicted molar refractivity (Wildman–Crippen MR) is 170 cm³/mol. The third-order valence-electron chi connectivity index (χ3n) is 8.99. The van der Waals surface area contributed by atoms with E-state index in [0.29, 0.717) is 55.3 Å². The molecule has 0 bridgehead atoms. The minimum absolute atomic E-state index is 0.0648. The van der Waals surface area contributed by atoms with Crippen molar-refractivity contribution in [3.63, 3.8) is 0 Å². The Morgan fingerprint density at radius 1 is 1.02 bits per heavy atom. The Kier molecular flexibility index (Phi) is 14.1. The van der Waals surface area contributed by atoms with E-state index < -0.39 is 23.2 Å². The van der Waals surface area contributed by atoms with Crippen LogP contribution >= 0.6 is 11.8 Å². The molecule has 46 heavy (non-hydrogen) atoms. The van der Waals surface area contributed by atoms with Crippen molar-refractivity contribution in [2.75, 3.05) is 25.9 Å². The molecule has 12 nitrogen and oxygen atoms in total. The number of amides is 3. The number of nitrogens with one attached hydrogen (secondary N) is 2. The zero-order valence-electron chi connectivity index (χ0n) is 26.3. The van der Waals surface area contributed by atoms with Crippen molar-refractivity contribution >= 4 is 59.6 Å². The highest BCUT2D eigenvalue weighted by Crippen LogP contribution is 2.31. The lowest BCUT2D eigenvalue weighted by molar-refractivity contribution is -0.148. The highest BCUT2D eigenvalue weighted by molar-refractivity contribution is 8.00. The molecule has 1 aromatic carbocycles. The molecular weight excluding hydrogens is 614 g/mol. The van der Waals surface area contributed by atoms with Crippen molar-refractivity contribution in [2.45, 2.75) is 76.0 Å². The topological polar surface area (TPSA) is 184 Å². The number of carboxylic acid groups (broad SMARTS) is 1. The molecule has 3 amide bonds. The predicted octanol–water partition coefficient (Wildman–Crippen LogP) is 2.25. The number of benzene rings is 1. The first-order valence-electron chi connectivity index (χ1n) is 15.7. The number of nitrogens with zero attached hydrogens (tertiary/aromatic N) is 1. The van der Waals surface area contributed by atoms with E-state index in [9.17, 15) is 38.4 Å². The first kappa shape index (κ1) is 36.6. The minimum atomic E-state index is -1.10. The zero-order valence-corrected chi connectivity index (χ0v) is 27.1. The molecule has 0 heterocycles. The van der Waals surface area contributed by atoms with Crippen LogP contribution in [0.4, 0.5) is 0 Å². The molecule has 250 valence electrons. The standard InChI is InChI=1S/C33H43N3O9S/c1-20(33(44)45)36(2)30(41)12-14-46-28-16-27(39)26(31(28)42)11-13-34-32(43)23-7-4-22(5-8-23)17-35-29(40)10-6-21-3-9-24(18-37)25(15-21)19-38/h3,9,15,18-20,22-23,26,28H,4-8,10-14,16-17H2,1-2H3,(H,34,43)(H,35,40)(H,44,45)/t20-,22?,23?,26?,28?/m0/s1. The van der Waals surface area contributed by atoms with Crippen LogP contribution in [0, 0.1) is 17.8 Å². The fourth-order valence-corrected chi connectivity index (χ4v) is 6.99. The average Bonchev–Trinajstić information content (AvgIpc) is 3.32. The first-order chi connectivity index (χ1) is 21.9. The molecule has 0 radical (unpaired) electrons. The number of carbonyl (C=O) groups excluding carboxylic acids is 7. The van der Waals surface area contributed by atoms with Gasteiger partial charge in [0.15, 0.2) is 18.4 Å². The third kappa shape index (κ3) is 10.3. The highest BCUT2D eigenvalue weighted by Gasteiger charge is 2.41. The number of rotatable bonds is 17. The normalized spacial score (nSPS) is 21.7. The molecule has 0 saturated heterocycles. The van der Waals surface area contributed by atoms with Crippen LogP contribution in [0.2, 0.25) is 0 Å². The molecule has 0 aliphatic heterocycles. The quantitative estimate of drug-likeness (QED) is 0.166. The summed E-state index contributed by atoms with van der Waals surface area (Å²) in [5.41, 5.74) is 1.43. The number of ketones is 2. The van der Waals surface area contributed by atoms with Gasteiger partial charge < -0.3 is 20.6 Å². The fraction of sp³-hybridized carbons (Fsp3) is 0.576. The van der Waals surface area contributed by atoms with Gasteiger partial charge in [0.25, 0.3) is 0 Å². The summed E-state index contributed by atoms with van der Waals surface area (Å²) in [6, 6.07) is 3.98. The smallest absolute Gasteiger partial charge is 0.326 e. The number of hydrogen-bond acceptors (Lipinski definition) is 9. The van der Waals surface area contributed by atoms with Gasteiger partial charge in [-0.15, -0.1) is 11.8 Å². The van der Waals surface area contributed by atoms with Crippen LogP contribution in [-0.2, 0) is 35.2 Å². The molecular formula is C33H43N3O9S. The van der Waals surface area contributed by atoms with Gasteiger partial charge in [-0.3, -0.25) is 33.6 Å². The Hall–Kier alpha value is -3.87. The van der Waals surface area contributed by atoms with Crippen LogP contribution in [0.25, 0.3) is 0 Å². The average molecular weight is 658 g/mol. The fourth-order valence-electron chi connectivity index (χ4n) is 5.81. The summed E-state index contributed by atoms with van der Waals surface area (Å²) in [5, 5.41) is 14.3.